The molecule has 42 heavy (non-hydrogen) atoms. The Hall–Kier alpha value is -4.17. The number of ether oxygens (including phenoxy) is 1. The number of sulfonamides is 1. The molecule has 0 saturated carbocycles. The number of halogens is 1. The van der Waals surface area contributed by atoms with Gasteiger partial charge in [0.1, 0.15) is 17.7 Å². The summed E-state index contributed by atoms with van der Waals surface area (Å²) in [6.07, 6.45) is 2.07. The van der Waals surface area contributed by atoms with Crippen LogP contribution in [0.4, 0.5) is 20.6 Å². The number of aliphatic hydroxyl groups is 1. The number of imidazole rings is 1. The van der Waals surface area contributed by atoms with Crippen LogP contribution in [-0.4, -0.2) is 83.7 Å². The van der Waals surface area contributed by atoms with Crippen molar-refractivity contribution in [2.75, 3.05) is 36.8 Å². The summed E-state index contributed by atoms with van der Waals surface area (Å²) in [5, 5.41) is 12.4. The largest absolute Gasteiger partial charge is 0.488 e. The average molecular weight is 603 g/mol. The fraction of sp³-hybridized carbons (Fsp3) is 0.393. The number of benzene rings is 2. The van der Waals surface area contributed by atoms with Crippen molar-refractivity contribution in [3.63, 3.8) is 0 Å². The zero-order valence-corrected chi connectivity index (χ0v) is 24.6. The van der Waals surface area contributed by atoms with Crippen molar-refractivity contribution in [1.82, 2.24) is 19.4 Å². The Morgan fingerprint density at radius 3 is 2.57 bits per heavy atom. The van der Waals surface area contributed by atoms with Crippen molar-refractivity contribution in [2.24, 2.45) is 13.0 Å². The molecule has 0 radical (unpaired) electrons. The quantitative estimate of drug-likeness (QED) is 0.359. The van der Waals surface area contributed by atoms with E-state index in [0.29, 0.717) is 17.0 Å². The summed E-state index contributed by atoms with van der Waals surface area (Å²) in [5.74, 6) is -0.582. The number of amides is 3. The first kappa shape index (κ1) is 30.8. The third-order valence-electron chi connectivity index (χ3n) is 7.02. The van der Waals surface area contributed by atoms with E-state index in [4.69, 9.17) is 4.74 Å². The second-order valence-electron chi connectivity index (χ2n) is 10.5. The molecule has 0 saturated heterocycles. The van der Waals surface area contributed by atoms with E-state index in [1.807, 2.05) is 6.92 Å². The lowest BCUT2D eigenvalue weighted by Gasteiger charge is -2.34. The predicted molar refractivity (Wildman–Crippen MR) is 154 cm³/mol. The average Bonchev–Trinajstić information content (AvgIpc) is 3.41. The van der Waals surface area contributed by atoms with Gasteiger partial charge in [-0.1, -0.05) is 6.92 Å². The van der Waals surface area contributed by atoms with Gasteiger partial charge in [0.2, 0.25) is 5.91 Å². The van der Waals surface area contributed by atoms with Gasteiger partial charge in [-0.2, -0.15) is 8.42 Å². The number of urea groups is 1. The smallest absolute Gasteiger partial charge is 0.321 e. The van der Waals surface area contributed by atoms with Crippen LogP contribution in [0.5, 0.6) is 5.75 Å². The zero-order valence-electron chi connectivity index (χ0n) is 23.8. The molecule has 14 heteroatoms. The molecule has 4 rings (SSSR count). The SMILES string of the molecule is C[C@H](CO)N1C[C@H](C)[C@H](CN(C)C(=O)Nc2ccc(F)cc2)Oc2ccc(NS(=O)(=O)c3cn(C)cn3)cc2CC1=O. The van der Waals surface area contributed by atoms with Crippen molar-refractivity contribution in [2.45, 2.75) is 37.4 Å². The van der Waals surface area contributed by atoms with Crippen molar-refractivity contribution in [3.05, 3.63) is 66.4 Å². The number of likely N-dealkylation sites (N-methyl/N-ethyl adjacent to an activating group) is 1. The number of nitrogens with zero attached hydrogens (tertiary/aromatic N) is 4. The molecule has 3 N–H and O–H groups in total. The van der Waals surface area contributed by atoms with Gasteiger partial charge in [0.15, 0.2) is 5.03 Å². The van der Waals surface area contributed by atoms with E-state index in [1.165, 1.54) is 58.4 Å². The molecule has 3 atom stereocenters. The summed E-state index contributed by atoms with van der Waals surface area (Å²) < 4.78 is 49.4. The van der Waals surface area contributed by atoms with Crippen LogP contribution in [0.25, 0.3) is 0 Å². The van der Waals surface area contributed by atoms with Gasteiger partial charge in [0.05, 0.1) is 31.9 Å². The molecule has 226 valence electrons. The molecule has 1 aromatic heterocycles. The van der Waals surface area contributed by atoms with Gasteiger partial charge in [-0.15, -0.1) is 0 Å². The van der Waals surface area contributed by atoms with Crippen LogP contribution in [0, 0.1) is 11.7 Å². The molecular weight excluding hydrogens is 567 g/mol. The number of hydrogen-bond donors (Lipinski definition) is 3. The second kappa shape index (κ2) is 12.8. The summed E-state index contributed by atoms with van der Waals surface area (Å²) in [7, 11) is -0.730. The Morgan fingerprint density at radius 2 is 1.93 bits per heavy atom. The molecule has 0 bridgehead atoms. The number of carbonyl (C=O) groups excluding carboxylic acids is 2. The van der Waals surface area contributed by atoms with Crippen molar-refractivity contribution >= 4 is 33.3 Å². The number of aliphatic hydroxyl groups excluding tert-OH is 1. The topological polar surface area (TPSA) is 146 Å². The van der Waals surface area contributed by atoms with Gasteiger partial charge in [-0.25, -0.2) is 14.2 Å². The molecular formula is C28H35FN6O6S. The van der Waals surface area contributed by atoms with Gasteiger partial charge in [0, 0.05) is 49.7 Å². The fourth-order valence-corrected chi connectivity index (χ4v) is 5.58. The Morgan fingerprint density at radius 1 is 1.24 bits per heavy atom. The van der Waals surface area contributed by atoms with Crippen molar-refractivity contribution in [3.8, 4) is 5.75 Å². The molecule has 0 fully saturated rings. The number of carbonyl (C=O) groups is 2. The maximum absolute atomic E-state index is 13.4. The number of nitrogens with one attached hydrogen (secondary N) is 2. The predicted octanol–water partition coefficient (Wildman–Crippen LogP) is 2.67. The number of anilines is 2. The summed E-state index contributed by atoms with van der Waals surface area (Å²) >= 11 is 0. The molecule has 3 aromatic rings. The molecule has 2 aromatic carbocycles. The molecule has 0 spiro atoms. The Labute approximate surface area is 244 Å². The lowest BCUT2D eigenvalue weighted by Crippen LogP contribution is -2.48. The number of aromatic nitrogens is 2. The van der Waals surface area contributed by atoms with Crippen LogP contribution in [0.3, 0.4) is 0 Å². The van der Waals surface area contributed by atoms with Gasteiger partial charge < -0.3 is 29.5 Å². The number of fused-ring (bicyclic) bond motifs is 1. The van der Waals surface area contributed by atoms with Crippen LogP contribution in [0.1, 0.15) is 19.4 Å². The monoisotopic (exact) mass is 602 g/mol. The van der Waals surface area contributed by atoms with Gasteiger partial charge >= 0.3 is 6.03 Å². The minimum absolute atomic E-state index is 0.0981. The standard InChI is InChI=1S/C28H35FN6O6S/c1-18-13-35(19(2)16-36)27(37)12-20-11-23(32-42(39,40)26-15-33(3)17-30-26)9-10-24(20)41-25(18)14-34(4)28(38)31-22-7-5-21(29)6-8-22/h5-11,15,17-19,25,32,36H,12-14,16H2,1-4H3,(H,31,38)/t18-,19+,25-/m0/s1. The first-order valence-corrected chi connectivity index (χ1v) is 14.8. The highest BCUT2D eigenvalue weighted by atomic mass is 32.2. The van der Waals surface area contributed by atoms with E-state index in [2.05, 4.69) is 15.0 Å². The molecule has 0 aliphatic carbocycles. The Bertz CT molecular complexity index is 1530. The minimum Gasteiger partial charge on any atom is -0.488 e. The first-order valence-electron chi connectivity index (χ1n) is 13.3. The van der Waals surface area contributed by atoms with E-state index in [9.17, 15) is 27.5 Å². The minimum atomic E-state index is -3.98. The van der Waals surface area contributed by atoms with Crippen LogP contribution in [0.15, 0.2) is 60.0 Å². The summed E-state index contributed by atoms with van der Waals surface area (Å²) in [6, 6.07) is 9.13. The second-order valence-corrected chi connectivity index (χ2v) is 12.1. The van der Waals surface area contributed by atoms with Crippen LogP contribution >= 0.6 is 0 Å². The van der Waals surface area contributed by atoms with Gasteiger partial charge in [-0.3, -0.25) is 9.52 Å². The molecule has 12 nitrogen and oxygen atoms in total. The lowest BCUT2D eigenvalue weighted by molar-refractivity contribution is -0.134. The molecule has 3 amide bonds. The van der Waals surface area contributed by atoms with Crippen LogP contribution in [0.2, 0.25) is 0 Å². The van der Waals surface area contributed by atoms with Gasteiger partial charge in [0.25, 0.3) is 10.0 Å². The maximum Gasteiger partial charge on any atom is 0.321 e. The summed E-state index contributed by atoms with van der Waals surface area (Å²) in [6.45, 7) is 3.77. The molecule has 1 aliphatic heterocycles. The zero-order chi connectivity index (χ0) is 30.6. The van der Waals surface area contributed by atoms with E-state index in [-0.39, 0.29) is 48.7 Å². The fourth-order valence-electron chi connectivity index (χ4n) is 4.55. The molecule has 1 aliphatic rings. The third kappa shape index (κ3) is 7.36. The van der Waals surface area contributed by atoms with E-state index in [1.54, 1.807) is 32.0 Å². The number of aryl methyl sites for hydroxylation is 1. The molecule has 2 heterocycles. The third-order valence-corrected chi connectivity index (χ3v) is 8.29. The summed E-state index contributed by atoms with van der Waals surface area (Å²) in [4.78, 5) is 33.2. The first-order chi connectivity index (χ1) is 19.9. The van der Waals surface area contributed by atoms with Gasteiger partial charge in [-0.05, 0) is 49.4 Å². The highest BCUT2D eigenvalue weighted by Gasteiger charge is 2.32. The van der Waals surface area contributed by atoms with Crippen molar-refractivity contribution < 1.29 is 32.2 Å². The van der Waals surface area contributed by atoms with Crippen LogP contribution in [-0.2, 0) is 28.3 Å². The van der Waals surface area contributed by atoms with E-state index >= 15 is 0 Å². The highest BCUT2D eigenvalue weighted by molar-refractivity contribution is 7.92. The number of rotatable bonds is 8. The van der Waals surface area contributed by atoms with Crippen LogP contribution < -0.4 is 14.8 Å². The van der Waals surface area contributed by atoms with Crippen molar-refractivity contribution in [1.29, 1.82) is 0 Å². The van der Waals surface area contributed by atoms with E-state index < -0.39 is 34.0 Å². The number of hydrogen-bond acceptors (Lipinski definition) is 7. The normalized spacial score (nSPS) is 18.1. The Kier molecular flexibility index (Phi) is 9.36. The lowest BCUT2D eigenvalue weighted by atomic mass is 10.0. The Balaban J connectivity index is 1.61. The highest BCUT2D eigenvalue weighted by Crippen LogP contribution is 2.30. The summed E-state index contributed by atoms with van der Waals surface area (Å²) in [5.41, 5.74) is 1.09. The molecule has 0 unspecified atom stereocenters. The maximum atomic E-state index is 13.4. The van der Waals surface area contributed by atoms with E-state index in [0.717, 1.165) is 0 Å².